The summed E-state index contributed by atoms with van der Waals surface area (Å²) < 4.78 is 5.85. The number of carbonyl (C=O) groups is 4. The largest absolute Gasteiger partial charge is 0.482 e. The maximum absolute atomic E-state index is 12.5. The predicted octanol–water partition coefficient (Wildman–Crippen LogP) is 0.445. The summed E-state index contributed by atoms with van der Waals surface area (Å²) in [5.74, 6) is -1.25. The van der Waals surface area contributed by atoms with Crippen LogP contribution in [0.3, 0.4) is 0 Å². The summed E-state index contributed by atoms with van der Waals surface area (Å²) in [6, 6.07) is 3.46. The molecule has 3 rings (SSSR count). The van der Waals surface area contributed by atoms with Crippen molar-refractivity contribution in [1.82, 2.24) is 25.0 Å². The summed E-state index contributed by atoms with van der Waals surface area (Å²) in [5.41, 5.74) is 1.15. The third-order valence-corrected chi connectivity index (χ3v) is 6.94. The summed E-state index contributed by atoms with van der Waals surface area (Å²) in [6.45, 7) is 2.18. The highest BCUT2D eigenvalue weighted by Gasteiger charge is 2.21. The van der Waals surface area contributed by atoms with E-state index in [1.54, 1.807) is 21.9 Å². The molecule has 1 aromatic rings. The van der Waals surface area contributed by atoms with E-state index in [0.717, 1.165) is 19.1 Å². The van der Waals surface area contributed by atoms with Crippen molar-refractivity contribution in [2.75, 3.05) is 59.0 Å². The van der Waals surface area contributed by atoms with E-state index in [2.05, 4.69) is 5.32 Å². The Morgan fingerprint density at radius 3 is 2.29 bits per heavy atom. The van der Waals surface area contributed by atoms with E-state index in [-0.39, 0.29) is 45.2 Å². The van der Waals surface area contributed by atoms with Gasteiger partial charge in [0.25, 0.3) is 5.91 Å². The number of carboxylic acid groups (broad SMARTS) is 2. The molecule has 0 aromatic carbocycles. The molecule has 3 N–H and O–H groups in total. The van der Waals surface area contributed by atoms with Gasteiger partial charge in [-0.3, -0.25) is 34.1 Å². The number of aliphatic carboxylic acids is 2. The molecule has 0 unspecified atom stereocenters. The molecule has 12 nitrogen and oxygen atoms in total. The summed E-state index contributed by atoms with van der Waals surface area (Å²) in [6.07, 6.45) is 6.70. The number of aldehydes is 1. The van der Waals surface area contributed by atoms with Crippen molar-refractivity contribution in [2.45, 2.75) is 45.2 Å². The Labute approximate surface area is 222 Å². The second kappa shape index (κ2) is 15.4. The average molecular weight is 534 g/mol. The van der Waals surface area contributed by atoms with E-state index in [4.69, 9.17) is 9.72 Å². The van der Waals surface area contributed by atoms with Gasteiger partial charge in [0.1, 0.15) is 12.0 Å². The van der Waals surface area contributed by atoms with Gasteiger partial charge in [-0.15, -0.1) is 0 Å². The van der Waals surface area contributed by atoms with Crippen LogP contribution in [-0.2, 0) is 32.3 Å². The van der Waals surface area contributed by atoms with E-state index in [1.165, 1.54) is 19.3 Å². The molecule has 2 heterocycles. The maximum atomic E-state index is 12.5. The molecular weight excluding hydrogens is 494 g/mol. The Bertz CT molecular complexity index is 954. The molecule has 2 bridgehead atoms. The van der Waals surface area contributed by atoms with Crippen LogP contribution in [0.15, 0.2) is 12.1 Å². The van der Waals surface area contributed by atoms with Crippen LogP contribution in [0.1, 0.15) is 43.5 Å². The van der Waals surface area contributed by atoms with Crippen molar-refractivity contribution < 1.29 is 34.1 Å². The van der Waals surface area contributed by atoms with Crippen molar-refractivity contribution in [1.29, 1.82) is 0 Å². The Hall–Kier alpha value is -3.09. The first-order valence-electron chi connectivity index (χ1n) is 13.2. The minimum atomic E-state index is -0.988. The molecule has 2 aliphatic rings. The Balaban J connectivity index is 1.74. The van der Waals surface area contributed by atoms with Crippen LogP contribution in [0.4, 0.5) is 0 Å². The second-order valence-corrected chi connectivity index (χ2v) is 10.0. The molecule has 0 radical (unpaired) electrons. The summed E-state index contributed by atoms with van der Waals surface area (Å²) >= 11 is 0. The Morgan fingerprint density at radius 2 is 1.61 bits per heavy atom. The van der Waals surface area contributed by atoms with Crippen LogP contribution in [0, 0.1) is 5.92 Å². The topological polar surface area (TPSA) is 153 Å². The lowest BCUT2D eigenvalue weighted by molar-refractivity contribution is -0.140. The lowest BCUT2D eigenvalue weighted by atomic mass is 9.89. The number of rotatable bonds is 11. The molecule has 1 saturated carbocycles. The van der Waals surface area contributed by atoms with Gasteiger partial charge >= 0.3 is 11.9 Å². The van der Waals surface area contributed by atoms with Gasteiger partial charge in [-0.25, -0.2) is 0 Å². The molecule has 1 amide bonds. The highest BCUT2D eigenvalue weighted by Crippen LogP contribution is 2.23. The first kappa shape index (κ1) is 29.5. The van der Waals surface area contributed by atoms with Crippen molar-refractivity contribution in [2.24, 2.45) is 5.92 Å². The number of carboxylic acids is 2. The van der Waals surface area contributed by atoms with Gasteiger partial charge in [0, 0.05) is 45.8 Å². The number of carbonyl (C=O) groups excluding carboxylic acids is 2. The molecule has 0 atom stereocenters. The fourth-order valence-electron chi connectivity index (χ4n) is 4.92. The maximum Gasteiger partial charge on any atom is 0.317 e. The minimum absolute atomic E-state index is 0.124. The van der Waals surface area contributed by atoms with Crippen molar-refractivity contribution >= 4 is 24.1 Å². The zero-order chi connectivity index (χ0) is 27.3. The number of nitrogens with zero attached hydrogens (tertiary/aromatic N) is 4. The molecule has 0 saturated heterocycles. The molecule has 210 valence electrons. The van der Waals surface area contributed by atoms with Crippen LogP contribution in [0.25, 0.3) is 0 Å². The molecule has 1 fully saturated rings. The van der Waals surface area contributed by atoms with E-state index in [9.17, 15) is 29.4 Å². The lowest BCUT2D eigenvalue weighted by Gasteiger charge is -2.29. The Kier molecular flexibility index (Phi) is 11.9. The smallest absolute Gasteiger partial charge is 0.317 e. The molecular formula is C26H39N5O7. The van der Waals surface area contributed by atoms with Gasteiger partial charge in [-0.1, -0.05) is 19.3 Å². The van der Waals surface area contributed by atoms with Crippen LogP contribution in [0.2, 0.25) is 0 Å². The van der Waals surface area contributed by atoms with Gasteiger partial charge in [0.15, 0.2) is 6.61 Å². The zero-order valence-corrected chi connectivity index (χ0v) is 21.8. The SMILES string of the molecule is O=CCN1CCN(CC(=O)O)CCN(CC(=O)O)Cc2ccc(OCC(=O)NCC3CCCCC3)c(n2)C1. The highest BCUT2D eigenvalue weighted by molar-refractivity contribution is 5.77. The number of hydrogen-bond acceptors (Lipinski definition) is 9. The predicted molar refractivity (Wildman–Crippen MR) is 138 cm³/mol. The number of pyridine rings is 1. The normalized spacial score (nSPS) is 18.6. The fraction of sp³-hybridized carbons (Fsp3) is 0.654. The van der Waals surface area contributed by atoms with Crippen LogP contribution >= 0.6 is 0 Å². The fourth-order valence-corrected chi connectivity index (χ4v) is 4.92. The molecule has 1 aromatic heterocycles. The first-order chi connectivity index (χ1) is 18.3. The number of amides is 1. The van der Waals surface area contributed by atoms with Crippen LogP contribution in [-0.4, -0.2) is 113 Å². The van der Waals surface area contributed by atoms with E-state index in [0.29, 0.717) is 55.8 Å². The number of ether oxygens (including phenoxy) is 1. The minimum Gasteiger partial charge on any atom is -0.482 e. The van der Waals surface area contributed by atoms with Gasteiger partial charge < -0.3 is 25.1 Å². The van der Waals surface area contributed by atoms with Crippen LogP contribution < -0.4 is 10.1 Å². The van der Waals surface area contributed by atoms with Crippen molar-refractivity contribution in [3.8, 4) is 5.75 Å². The summed E-state index contributed by atoms with van der Waals surface area (Å²) in [5, 5.41) is 21.6. The van der Waals surface area contributed by atoms with E-state index >= 15 is 0 Å². The average Bonchev–Trinajstić information content (AvgIpc) is 2.88. The number of fused-ring (bicyclic) bond motifs is 2. The molecule has 38 heavy (non-hydrogen) atoms. The van der Waals surface area contributed by atoms with Crippen molar-refractivity contribution in [3.05, 3.63) is 23.5 Å². The van der Waals surface area contributed by atoms with Gasteiger partial charge in [0.05, 0.1) is 31.0 Å². The zero-order valence-electron chi connectivity index (χ0n) is 21.8. The quantitative estimate of drug-likeness (QED) is 0.340. The number of aromatic nitrogens is 1. The molecule has 1 aliphatic carbocycles. The Morgan fingerprint density at radius 1 is 0.947 bits per heavy atom. The number of nitrogens with one attached hydrogen (secondary N) is 1. The van der Waals surface area contributed by atoms with E-state index < -0.39 is 11.9 Å². The highest BCUT2D eigenvalue weighted by atomic mass is 16.5. The van der Waals surface area contributed by atoms with E-state index in [1.807, 2.05) is 4.90 Å². The third-order valence-electron chi connectivity index (χ3n) is 6.94. The summed E-state index contributed by atoms with van der Waals surface area (Å²) in [4.78, 5) is 56.6. The number of hydrogen-bond donors (Lipinski definition) is 3. The third kappa shape index (κ3) is 10.3. The lowest BCUT2D eigenvalue weighted by Crippen LogP contribution is -2.43. The van der Waals surface area contributed by atoms with Crippen molar-refractivity contribution in [3.63, 3.8) is 0 Å². The molecule has 1 aliphatic heterocycles. The molecule has 12 heteroatoms. The van der Waals surface area contributed by atoms with Crippen LogP contribution in [0.5, 0.6) is 5.75 Å². The standard InChI is InChI=1S/C26H39N5O7/c32-13-12-30-9-8-29(17-25(34)35)10-11-31(18-26(36)37)15-21-6-7-23(22(16-30)28-21)38-19-24(33)27-14-20-4-2-1-3-5-20/h6-7,13,20H,1-5,8-12,14-19H2,(H,27,33)(H,34,35)(H,36,37). The first-order valence-corrected chi connectivity index (χ1v) is 13.2. The van der Waals surface area contributed by atoms with Gasteiger partial charge in [0.2, 0.25) is 0 Å². The van der Waals surface area contributed by atoms with Gasteiger partial charge in [-0.2, -0.15) is 0 Å². The van der Waals surface area contributed by atoms with Gasteiger partial charge in [-0.05, 0) is 30.9 Å². The molecule has 0 spiro atoms. The monoisotopic (exact) mass is 533 g/mol. The summed E-state index contributed by atoms with van der Waals surface area (Å²) in [7, 11) is 0. The second-order valence-electron chi connectivity index (χ2n) is 10.0.